The number of unbranched alkanes of at least 4 members (excludes halogenated alkanes) is 1. The second-order valence-corrected chi connectivity index (χ2v) is 12.1. The summed E-state index contributed by atoms with van der Waals surface area (Å²) in [5, 5.41) is 0. The lowest BCUT2D eigenvalue weighted by atomic mass is 9.72. The minimum atomic E-state index is -4.61. The van der Waals surface area contributed by atoms with Crippen LogP contribution >= 0.6 is 0 Å². The van der Waals surface area contributed by atoms with Crippen LogP contribution < -0.4 is 4.74 Å². The molecule has 152 valence electrons. The SMILES string of the molecule is CCCC[Si@H]1CC[C@H](C2CCC(c3ccc(OC(F)(F)F)cc3)CC2)CC1. The maximum Gasteiger partial charge on any atom is 0.573 e. The van der Waals surface area contributed by atoms with E-state index in [1.54, 1.807) is 18.1 Å². The van der Waals surface area contributed by atoms with Gasteiger partial charge in [-0.05, 0) is 61.1 Å². The van der Waals surface area contributed by atoms with Gasteiger partial charge in [-0.15, -0.1) is 13.2 Å². The first kappa shape index (κ1) is 20.8. The van der Waals surface area contributed by atoms with E-state index >= 15 is 0 Å². The van der Waals surface area contributed by atoms with Crippen LogP contribution in [0.25, 0.3) is 0 Å². The Balaban J connectivity index is 1.44. The van der Waals surface area contributed by atoms with E-state index < -0.39 is 15.2 Å². The molecular formula is C22H33F3OSi. The average Bonchev–Trinajstić information content (AvgIpc) is 2.66. The van der Waals surface area contributed by atoms with Crippen molar-refractivity contribution in [3.63, 3.8) is 0 Å². The van der Waals surface area contributed by atoms with Crippen molar-refractivity contribution in [2.24, 2.45) is 11.8 Å². The Labute approximate surface area is 163 Å². The number of alkyl halides is 3. The maximum absolute atomic E-state index is 12.3. The standard InChI is InChI=1S/C22H33F3OSi/c1-2-3-14-27-15-12-20(13-16-27)18-6-4-17(5-7-18)19-8-10-21(11-9-19)26-22(23,24)25/h8-11,17-18,20,27H,2-7,12-16H2,1H3/t17?,18?,20-,27-. The zero-order chi connectivity index (χ0) is 19.3. The fourth-order valence-electron chi connectivity index (χ4n) is 5.31. The summed E-state index contributed by atoms with van der Waals surface area (Å²) in [4.78, 5) is 0. The van der Waals surface area contributed by atoms with Crippen LogP contribution in [0.3, 0.4) is 0 Å². The lowest BCUT2D eigenvalue weighted by Gasteiger charge is -2.37. The number of ether oxygens (including phenoxy) is 1. The molecule has 1 saturated heterocycles. The van der Waals surface area contributed by atoms with E-state index in [2.05, 4.69) is 11.7 Å². The van der Waals surface area contributed by atoms with Gasteiger partial charge in [0.15, 0.2) is 0 Å². The third-order valence-corrected chi connectivity index (χ3v) is 10.4. The molecule has 3 rings (SSSR count). The van der Waals surface area contributed by atoms with Gasteiger partial charge in [0.1, 0.15) is 5.75 Å². The van der Waals surface area contributed by atoms with Crippen LogP contribution in [0, 0.1) is 11.8 Å². The minimum absolute atomic E-state index is 0.121. The van der Waals surface area contributed by atoms with Crippen molar-refractivity contribution in [1.29, 1.82) is 0 Å². The predicted molar refractivity (Wildman–Crippen MR) is 107 cm³/mol. The normalized spacial score (nSPS) is 29.5. The zero-order valence-electron chi connectivity index (χ0n) is 16.4. The van der Waals surface area contributed by atoms with Crippen molar-refractivity contribution < 1.29 is 17.9 Å². The molecule has 0 N–H and O–H groups in total. The summed E-state index contributed by atoms with van der Waals surface area (Å²) < 4.78 is 40.8. The van der Waals surface area contributed by atoms with Crippen molar-refractivity contribution in [1.82, 2.24) is 0 Å². The highest BCUT2D eigenvalue weighted by molar-refractivity contribution is 6.58. The van der Waals surface area contributed by atoms with Gasteiger partial charge in [0, 0.05) is 8.80 Å². The van der Waals surface area contributed by atoms with Gasteiger partial charge in [0.2, 0.25) is 0 Å². The van der Waals surface area contributed by atoms with Crippen LogP contribution in [0.4, 0.5) is 13.2 Å². The molecule has 2 fully saturated rings. The summed E-state index contributed by atoms with van der Waals surface area (Å²) in [5.41, 5.74) is 1.17. The number of hydrogen-bond acceptors (Lipinski definition) is 1. The van der Waals surface area contributed by atoms with Crippen LogP contribution in [0.2, 0.25) is 18.1 Å². The molecule has 1 nitrogen and oxygen atoms in total. The van der Waals surface area contributed by atoms with Crippen LogP contribution in [-0.2, 0) is 0 Å². The molecule has 1 aliphatic carbocycles. The fourth-order valence-corrected chi connectivity index (χ4v) is 8.96. The molecule has 0 bridgehead atoms. The second kappa shape index (κ2) is 9.49. The summed E-state index contributed by atoms with van der Waals surface area (Å²) >= 11 is 0. The number of halogens is 3. The van der Waals surface area contributed by atoms with Crippen molar-refractivity contribution in [2.75, 3.05) is 0 Å². The molecule has 2 aliphatic rings. The molecule has 0 atom stereocenters. The molecule has 1 aliphatic heterocycles. The Morgan fingerprint density at radius 1 is 0.926 bits per heavy atom. The molecule has 0 aromatic heterocycles. The van der Waals surface area contributed by atoms with Gasteiger partial charge in [-0.2, -0.15) is 0 Å². The largest absolute Gasteiger partial charge is 0.573 e. The topological polar surface area (TPSA) is 9.23 Å². The fraction of sp³-hybridized carbons (Fsp3) is 0.727. The molecular weight excluding hydrogens is 365 g/mol. The Kier molecular flexibility index (Phi) is 7.29. The Morgan fingerprint density at radius 2 is 1.52 bits per heavy atom. The van der Waals surface area contributed by atoms with Crippen molar-refractivity contribution >= 4 is 8.80 Å². The van der Waals surface area contributed by atoms with Gasteiger partial charge in [0.25, 0.3) is 0 Å². The van der Waals surface area contributed by atoms with Gasteiger partial charge < -0.3 is 4.74 Å². The summed E-state index contributed by atoms with van der Waals surface area (Å²) in [6, 6.07) is 11.2. The first-order chi connectivity index (χ1) is 12.9. The van der Waals surface area contributed by atoms with Crippen molar-refractivity contribution in [3.05, 3.63) is 29.8 Å². The van der Waals surface area contributed by atoms with Gasteiger partial charge in [-0.1, -0.05) is 62.9 Å². The van der Waals surface area contributed by atoms with Crippen molar-refractivity contribution in [3.8, 4) is 5.75 Å². The van der Waals surface area contributed by atoms with Crippen LogP contribution in [0.1, 0.15) is 69.8 Å². The molecule has 1 saturated carbocycles. The highest BCUT2D eigenvalue weighted by Gasteiger charge is 2.32. The van der Waals surface area contributed by atoms with Gasteiger partial charge in [-0.3, -0.25) is 0 Å². The number of benzene rings is 1. The van der Waals surface area contributed by atoms with E-state index in [9.17, 15) is 13.2 Å². The van der Waals surface area contributed by atoms with Crippen molar-refractivity contribution in [2.45, 2.75) is 88.7 Å². The Hall–Kier alpha value is -0.973. The molecule has 0 amide bonds. The first-order valence-corrected chi connectivity index (χ1v) is 13.2. The third kappa shape index (κ3) is 6.26. The average molecular weight is 399 g/mol. The molecule has 1 aromatic rings. The molecule has 0 spiro atoms. The van der Waals surface area contributed by atoms with Crippen LogP contribution in [-0.4, -0.2) is 15.2 Å². The Morgan fingerprint density at radius 3 is 2.07 bits per heavy atom. The summed E-state index contributed by atoms with van der Waals surface area (Å²) in [5.74, 6) is 2.20. The zero-order valence-corrected chi connectivity index (χ0v) is 17.6. The van der Waals surface area contributed by atoms with Crippen LogP contribution in [0.5, 0.6) is 5.75 Å². The highest BCUT2D eigenvalue weighted by atomic mass is 28.3. The van der Waals surface area contributed by atoms with E-state index in [1.165, 1.54) is 69.1 Å². The maximum atomic E-state index is 12.3. The molecule has 0 unspecified atom stereocenters. The quantitative estimate of drug-likeness (QED) is 0.457. The molecule has 1 aromatic carbocycles. The lowest BCUT2D eigenvalue weighted by molar-refractivity contribution is -0.274. The summed E-state index contributed by atoms with van der Waals surface area (Å²) in [6.45, 7) is 2.30. The first-order valence-electron chi connectivity index (χ1n) is 10.8. The Bertz CT molecular complexity index is 556. The van der Waals surface area contributed by atoms with E-state index in [0.717, 1.165) is 11.8 Å². The van der Waals surface area contributed by atoms with Gasteiger partial charge in [0.05, 0.1) is 0 Å². The number of rotatable bonds is 6. The highest BCUT2D eigenvalue weighted by Crippen LogP contribution is 2.43. The van der Waals surface area contributed by atoms with Crippen LogP contribution in [0.15, 0.2) is 24.3 Å². The van der Waals surface area contributed by atoms with Gasteiger partial charge in [-0.25, -0.2) is 0 Å². The van der Waals surface area contributed by atoms with E-state index in [1.807, 2.05) is 12.1 Å². The second-order valence-electron chi connectivity index (χ2n) is 8.65. The minimum Gasteiger partial charge on any atom is -0.406 e. The van der Waals surface area contributed by atoms with E-state index in [-0.39, 0.29) is 5.75 Å². The monoisotopic (exact) mass is 398 g/mol. The molecule has 1 heterocycles. The molecule has 5 heteroatoms. The summed E-state index contributed by atoms with van der Waals surface area (Å²) in [7, 11) is -0.410. The lowest BCUT2D eigenvalue weighted by Crippen LogP contribution is -2.28. The number of hydrogen-bond donors (Lipinski definition) is 0. The third-order valence-electron chi connectivity index (χ3n) is 6.88. The molecule has 27 heavy (non-hydrogen) atoms. The van der Waals surface area contributed by atoms with Gasteiger partial charge >= 0.3 is 6.36 Å². The predicted octanol–water partition coefficient (Wildman–Crippen LogP) is 7.30. The van der Waals surface area contributed by atoms with E-state index in [0.29, 0.717) is 5.92 Å². The summed E-state index contributed by atoms with van der Waals surface area (Å²) in [6.07, 6.45) is 6.06. The van der Waals surface area contributed by atoms with E-state index in [4.69, 9.17) is 0 Å². The smallest absolute Gasteiger partial charge is 0.406 e. The molecule has 0 radical (unpaired) electrons.